The lowest BCUT2D eigenvalue weighted by molar-refractivity contribution is 0.0697. The Balaban J connectivity index is 1.96. The van der Waals surface area contributed by atoms with Crippen LogP contribution in [0.2, 0.25) is 0 Å². The lowest BCUT2D eigenvalue weighted by Crippen LogP contribution is -2.38. The second-order valence-electron chi connectivity index (χ2n) is 7.07. The maximum Gasteiger partial charge on any atom is 0.335 e. The van der Waals surface area contributed by atoms with Crippen LogP contribution in [0.4, 0.5) is 14.6 Å². The number of carboxylic acid groups (broad SMARTS) is 1. The summed E-state index contributed by atoms with van der Waals surface area (Å²) < 4.78 is 28.0. The predicted molar refractivity (Wildman–Crippen MR) is 103 cm³/mol. The van der Waals surface area contributed by atoms with Crippen LogP contribution in [0.1, 0.15) is 36.5 Å². The number of carbonyl (C=O) groups is 1. The molecule has 5 nitrogen and oxygen atoms in total. The molecule has 1 unspecified atom stereocenters. The SMILES string of the molecule is CC1CCCCN1c1nc2cc(C(=O)O)ccc2nc1-c1ccc(F)cc1F. The Morgan fingerprint density at radius 3 is 2.64 bits per heavy atom. The van der Waals surface area contributed by atoms with Gasteiger partial charge in [0.05, 0.1) is 16.6 Å². The van der Waals surface area contributed by atoms with Gasteiger partial charge in [-0.2, -0.15) is 0 Å². The van der Waals surface area contributed by atoms with E-state index in [1.54, 1.807) is 6.07 Å². The highest BCUT2D eigenvalue weighted by atomic mass is 19.1. The Morgan fingerprint density at radius 1 is 1.11 bits per heavy atom. The van der Waals surface area contributed by atoms with Crippen molar-refractivity contribution in [3.8, 4) is 11.3 Å². The number of anilines is 1. The fraction of sp³-hybridized carbons (Fsp3) is 0.286. The van der Waals surface area contributed by atoms with Gasteiger partial charge >= 0.3 is 5.97 Å². The third-order valence-electron chi connectivity index (χ3n) is 5.15. The summed E-state index contributed by atoms with van der Waals surface area (Å²) in [5.74, 6) is -1.92. The number of aromatic nitrogens is 2. The number of piperidine rings is 1. The minimum atomic E-state index is -1.05. The molecule has 7 heteroatoms. The van der Waals surface area contributed by atoms with Gasteiger partial charge in [-0.1, -0.05) is 0 Å². The van der Waals surface area contributed by atoms with Crippen LogP contribution in [0.15, 0.2) is 36.4 Å². The Morgan fingerprint density at radius 2 is 1.93 bits per heavy atom. The zero-order chi connectivity index (χ0) is 19.8. The topological polar surface area (TPSA) is 66.3 Å². The van der Waals surface area contributed by atoms with Crippen molar-refractivity contribution in [3.05, 3.63) is 53.6 Å². The lowest BCUT2D eigenvalue weighted by atomic mass is 10.0. The van der Waals surface area contributed by atoms with Crippen molar-refractivity contribution >= 4 is 22.8 Å². The molecule has 0 saturated carbocycles. The van der Waals surface area contributed by atoms with Gasteiger partial charge in [0.25, 0.3) is 0 Å². The molecular formula is C21H19F2N3O2. The van der Waals surface area contributed by atoms with Crippen molar-refractivity contribution in [2.75, 3.05) is 11.4 Å². The summed E-state index contributed by atoms with van der Waals surface area (Å²) in [5, 5.41) is 9.26. The standard InChI is InChI=1S/C21H19F2N3O2/c1-12-4-2-3-9-26(12)20-19(15-7-6-14(22)11-16(15)23)24-17-8-5-13(21(27)28)10-18(17)25-20/h5-8,10-12H,2-4,9H2,1H3,(H,27,28). The molecule has 1 aliphatic rings. The summed E-state index contributed by atoms with van der Waals surface area (Å²) in [5.41, 5.74) is 1.50. The molecular weight excluding hydrogens is 364 g/mol. The van der Waals surface area contributed by atoms with E-state index in [1.165, 1.54) is 24.3 Å². The number of nitrogens with zero attached hydrogens (tertiary/aromatic N) is 3. The molecule has 0 amide bonds. The molecule has 2 heterocycles. The molecule has 3 aromatic rings. The molecule has 1 aliphatic heterocycles. The van der Waals surface area contributed by atoms with Crippen LogP contribution >= 0.6 is 0 Å². The molecule has 28 heavy (non-hydrogen) atoms. The van der Waals surface area contributed by atoms with Crippen molar-refractivity contribution < 1.29 is 18.7 Å². The normalized spacial score (nSPS) is 17.1. The van der Waals surface area contributed by atoms with E-state index in [0.717, 1.165) is 31.9 Å². The van der Waals surface area contributed by atoms with Gasteiger partial charge < -0.3 is 10.0 Å². The second-order valence-corrected chi connectivity index (χ2v) is 7.07. The minimum Gasteiger partial charge on any atom is -0.478 e. The third-order valence-corrected chi connectivity index (χ3v) is 5.15. The number of fused-ring (bicyclic) bond motifs is 1. The summed E-state index contributed by atoms with van der Waals surface area (Å²) in [6.45, 7) is 2.82. The highest BCUT2D eigenvalue weighted by molar-refractivity contribution is 5.93. The van der Waals surface area contributed by atoms with Crippen LogP contribution in [0.3, 0.4) is 0 Å². The Labute approximate surface area is 160 Å². The van der Waals surface area contributed by atoms with Gasteiger partial charge in [-0.15, -0.1) is 0 Å². The monoisotopic (exact) mass is 383 g/mol. The van der Waals surface area contributed by atoms with Crippen molar-refractivity contribution in [2.45, 2.75) is 32.2 Å². The maximum atomic E-state index is 14.5. The molecule has 1 N–H and O–H groups in total. The molecule has 0 bridgehead atoms. The van der Waals surface area contributed by atoms with E-state index < -0.39 is 17.6 Å². The highest BCUT2D eigenvalue weighted by Gasteiger charge is 2.25. The van der Waals surface area contributed by atoms with Crippen molar-refractivity contribution in [1.82, 2.24) is 9.97 Å². The van der Waals surface area contributed by atoms with Crippen LogP contribution in [0, 0.1) is 11.6 Å². The molecule has 1 fully saturated rings. The van der Waals surface area contributed by atoms with Gasteiger partial charge in [0.2, 0.25) is 0 Å². The first-order valence-electron chi connectivity index (χ1n) is 9.21. The van der Waals surface area contributed by atoms with Crippen LogP contribution in [0.25, 0.3) is 22.3 Å². The quantitative estimate of drug-likeness (QED) is 0.713. The number of aromatic carboxylic acids is 1. The maximum absolute atomic E-state index is 14.5. The summed E-state index contributed by atoms with van der Waals surface area (Å²) in [4.78, 5) is 22.6. The Kier molecular flexibility index (Phi) is 4.66. The minimum absolute atomic E-state index is 0.111. The molecule has 1 atom stereocenters. The van der Waals surface area contributed by atoms with Crippen molar-refractivity contribution in [2.24, 2.45) is 0 Å². The zero-order valence-electron chi connectivity index (χ0n) is 15.3. The molecule has 0 spiro atoms. The average Bonchev–Trinajstić information content (AvgIpc) is 2.67. The molecule has 4 rings (SSSR count). The van der Waals surface area contributed by atoms with E-state index in [9.17, 15) is 18.7 Å². The average molecular weight is 383 g/mol. The van der Waals surface area contributed by atoms with Crippen molar-refractivity contribution in [1.29, 1.82) is 0 Å². The molecule has 0 aliphatic carbocycles. The van der Waals surface area contributed by atoms with Gasteiger partial charge in [-0.3, -0.25) is 0 Å². The van der Waals surface area contributed by atoms with Gasteiger partial charge in [-0.05, 0) is 56.5 Å². The predicted octanol–water partition coefficient (Wildman–Crippen LogP) is 4.65. The molecule has 0 radical (unpaired) electrons. The third kappa shape index (κ3) is 3.28. The lowest BCUT2D eigenvalue weighted by Gasteiger charge is -2.35. The molecule has 1 saturated heterocycles. The molecule has 2 aromatic carbocycles. The van der Waals surface area contributed by atoms with E-state index in [0.29, 0.717) is 22.5 Å². The number of hydrogen-bond donors (Lipinski definition) is 1. The van der Waals surface area contributed by atoms with E-state index in [4.69, 9.17) is 0 Å². The van der Waals surface area contributed by atoms with E-state index in [-0.39, 0.29) is 17.2 Å². The number of benzene rings is 2. The Hall–Kier alpha value is -3.09. The molecule has 1 aromatic heterocycles. The number of hydrogen-bond acceptors (Lipinski definition) is 4. The summed E-state index contributed by atoms with van der Waals surface area (Å²) >= 11 is 0. The highest BCUT2D eigenvalue weighted by Crippen LogP contribution is 2.35. The van der Waals surface area contributed by atoms with Crippen LogP contribution < -0.4 is 4.90 Å². The van der Waals surface area contributed by atoms with E-state index in [2.05, 4.69) is 21.8 Å². The van der Waals surface area contributed by atoms with Crippen molar-refractivity contribution in [3.63, 3.8) is 0 Å². The first-order valence-corrected chi connectivity index (χ1v) is 9.21. The zero-order valence-corrected chi connectivity index (χ0v) is 15.3. The smallest absolute Gasteiger partial charge is 0.335 e. The first-order chi connectivity index (χ1) is 13.4. The summed E-state index contributed by atoms with van der Waals surface area (Å²) in [6, 6.07) is 8.04. The van der Waals surface area contributed by atoms with Gasteiger partial charge in [0.1, 0.15) is 17.3 Å². The Bertz CT molecular complexity index is 1070. The first kappa shape index (κ1) is 18.3. The van der Waals surface area contributed by atoms with E-state index in [1.807, 2.05) is 0 Å². The fourth-order valence-corrected chi connectivity index (χ4v) is 3.65. The fourth-order valence-electron chi connectivity index (χ4n) is 3.65. The van der Waals surface area contributed by atoms with Gasteiger partial charge in [0, 0.05) is 24.2 Å². The summed E-state index contributed by atoms with van der Waals surface area (Å²) in [6.07, 6.45) is 3.05. The van der Waals surface area contributed by atoms with Gasteiger partial charge in [0.15, 0.2) is 5.82 Å². The second kappa shape index (κ2) is 7.14. The largest absolute Gasteiger partial charge is 0.478 e. The number of rotatable bonds is 3. The summed E-state index contributed by atoms with van der Waals surface area (Å²) in [7, 11) is 0. The van der Waals surface area contributed by atoms with Crippen LogP contribution in [0.5, 0.6) is 0 Å². The number of halogens is 2. The van der Waals surface area contributed by atoms with Crippen LogP contribution in [-0.4, -0.2) is 33.6 Å². The van der Waals surface area contributed by atoms with Crippen LogP contribution in [-0.2, 0) is 0 Å². The molecule has 144 valence electrons. The van der Waals surface area contributed by atoms with Gasteiger partial charge in [-0.25, -0.2) is 23.5 Å². The number of carboxylic acids is 1. The van der Waals surface area contributed by atoms with E-state index >= 15 is 0 Å².